The van der Waals surface area contributed by atoms with Gasteiger partial charge in [0.2, 0.25) is 0 Å². The molecule has 0 bridgehead atoms. The van der Waals surface area contributed by atoms with Crippen LogP contribution >= 0.6 is 0 Å². The molecule has 0 saturated carbocycles. The van der Waals surface area contributed by atoms with Crippen LogP contribution < -0.4 is 25.6 Å². The first-order valence-corrected chi connectivity index (χ1v) is 9.73. The van der Waals surface area contributed by atoms with Gasteiger partial charge in [0.25, 0.3) is 5.56 Å². The van der Waals surface area contributed by atoms with Crippen LogP contribution in [0.2, 0.25) is 0 Å². The van der Waals surface area contributed by atoms with E-state index in [4.69, 9.17) is 14.6 Å². The van der Waals surface area contributed by atoms with Crippen LogP contribution in [-0.2, 0) is 4.79 Å². The third-order valence-corrected chi connectivity index (χ3v) is 4.31. The maximum atomic E-state index is 13.1. The number of hydrogen-bond donors (Lipinski definition) is 2. The Morgan fingerprint density at radius 3 is 2.53 bits per heavy atom. The van der Waals surface area contributed by atoms with Gasteiger partial charge in [0.15, 0.2) is 18.1 Å². The molecule has 2 aromatic carbocycles. The normalized spacial score (nSPS) is 12.2. The highest BCUT2D eigenvalue weighted by Crippen LogP contribution is 2.28. The molecule has 3 rings (SSSR count). The number of nitrogens with one attached hydrogen (secondary N) is 1. The highest BCUT2D eigenvalue weighted by Gasteiger charge is 2.09. The number of rotatable bonds is 8. The zero-order chi connectivity index (χ0) is 21.5. The molecule has 0 aliphatic heterocycles. The average molecular weight is 408 g/mol. The van der Waals surface area contributed by atoms with Gasteiger partial charge >= 0.3 is 5.97 Å². The quantitative estimate of drug-likeness (QED) is 0.595. The van der Waals surface area contributed by atoms with E-state index in [1.165, 1.54) is 4.68 Å². The molecule has 1 aromatic heterocycles. The van der Waals surface area contributed by atoms with Gasteiger partial charge in [-0.3, -0.25) is 9.89 Å². The zero-order valence-electron chi connectivity index (χ0n) is 16.9. The number of aromatic amines is 1. The van der Waals surface area contributed by atoms with E-state index in [0.717, 1.165) is 23.0 Å². The highest BCUT2D eigenvalue weighted by atomic mass is 16.5. The van der Waals surface area contributed by atoms with Gasteiger partial charge in [0.05, 0.1) is 22.9 Å². The lowest BCUT2D eigenvalue weighted by Gasteiger charge is -2.11. The molecule has 0 saturated heterocycles. The molecule has 0 atom stereocenters. The summed E-state index contributed by atoms with van der Waals surface area (Å²) in [5.41, 5.74) is 1.33. The Bertz CT molecular complexity index is 1190. The van der Waals surface area contributed by atoms with Gasteiger partial charge in [-0.15, -0.1) is 0 Å². The molecule has 7 nitrogen and oxygen atoms in total. The average Bonchev–Trinajstić information content (AvgIpc) is 3.04. The van der Waals surface area contributed by atoms with Gasteiger partial charge in [-0.2, -0.15) is 0 Å². The van der Waals surface area contributed by atoms with Crippen LogP contribution in [0, 0.1) is 0 Å². The third kappa shape index (κ3) is 4.81. The van der Waals surface area contributed by atoms with E-state index in [0.29, 0.717) is 23.3 Å². The number of carboxylic acids is 1. The summed E-state index contributed by atoms with van der Waals surface area (Å²) in [6.45, 7) is 3.77. The topological polar surface area (TPSA) is 93.6 Å². The van der Waals surface area contributed by atoms with Crippen LogP contribution in [0.4, 0.5) is 0 Å². The highest BCUT2D eigenvalue weighted by molar-refractivity contribution is 5.68. The molecular formula is C23H24N2O5. The van der Waals surface area contributed by atoms with Crippen molar-refractivity contribution < 1.29 is 19.4 Å². The summed E-state index contributed by atoms with van der Waals surface area (Å²) in [5, 5.41) is 13.3. The Hall–Kier alpha value is -3.74. The van der Waals surface area contributed by atoms with E-state index in [1.807, 2.05) is 50.3 Å². The molecule has 3 aromatic rings. The van der Waals surface area contributed by atoms with Gasteiger partial charge in [-0.1, -0.05) is 37.3 Å². The molecule has 0 spiro atoms. The van der Waals surface area contributed by atoms with Gasteiger partial charge in [0, 0.05) is 0 Å². The summed E-state index contributed by atoms with van der Waals surface area (Å²) in [6.07, 6.45) is 4.51. The van der Waals surface area contributed by atoms with Gasteiger partial charge in [-0.05, 0) is 49.2 Å². The molecule has 2 N–H and O–H groups in total. The number of H-pyrrole nitrogens is 1. The van der Waals surface area contributed by atoms with Crippen LogP contribution in [0.3, 0.4) is 0 Å². The lowest BCUT2D eigenvalue weighted by atomic mass is 10.1. The number of carboxylic acid groups (broad SMARTS) is 1. The maximum Gasteiger partial charge on any atom is 0.341 e. The third-order valence-electron chi connectivity index (χ3n) is 4.31. The largest absolute Gasteiger partial charge is 0.490 e. The molecular weight excluding hydrogens is 384 g/mol. The van der Waals surface area contributed by atoms with Crippen LogP contribution in [0.5, 0.6) is 11.5 Å². The molecule has 0 amide bonds. The zero-order valence-corrected chi connectivity index (χ0v) is 16.9. The maximum absolute atomic E-state index is 13.1. The predicted octanol–water partition coefficient (Wildman–Crippen LogP) is 2.05. The van der Waals surface area contributed by atoms with E-state index in [9.17, 15) is 9.59 Å². The number of ether oxygens (including phenoxy) is 2. The second-order valence-electron chi connectivity index (χ2n) is 6.49. The Balaban J connectivity index is 2.11. The van der Waals surface area contributed by atoms with Crippen molar-refractivity contribution in [3.05, 3.63) is 75.0 Å². The molecule has 0 radical (unpaired) electrons. The van der Waals surface area contributed by atoms with Crippen LogP contribution in [0.25, 0.3) is 17.8 Å². The Morgan fingerprint density at radius 2 is 1.87 bits per heavy atom. The second-order valence-corrected chi connectivity index (χ2v) is 6.49. The number of aromatic nitrogens is 2. The lowest BCUT2D eigenvalue weighted by Crippen LogP contribution is -2.34. The SMILES string of the molecule is CCC=c1[nH]n(-c2ccccc2)c(=O)c1=Cc1ccc(OCC(=O)O)c(OCC)c1. The van der Waals surface area contributed by atoms with Gasteiger partial charge < -0.3 is 14.6 Å². The molecule has 0 aliphatic carbocycles. The molecule has 0 fully saturated rings. The first-order chi connectivity index (χ1) is 14.5. The number of aliphatic carboxylic acids is 1. The first-order valence-electron chi connectivity index (χ1n) is 9.73. The number of carbonyl (C=O) groups is 1. The van der Waals surface area contributed by atoms with E-state index >= 15 is 0 Å². The first kappa shape index (κ1) is 21.0. The number of nitrogens with zero attached hydrogens (tertiary/aromatic N) is 1. The molecule has 7 heteroatoms. The molecule has 30 heavy (non-hydrogen) atoms. The summed E-state index contributed by atoms with van der Waals surface area (Å²) >= 11 is 0. The standard InChI is InChI=1S/C23H24N2O5/c1-3-8-19-18(23(28)25(24-19)17-9-6-5-7-10-17)13-16-11-12-20(30-15-22(26)27)21(14-16)29-4-2/h5-14,24H,3-4,15H2,1-2H3,(H,26,27). The molecule has 0 unspecified atom stereocenters. The fraction of sp³-hybridized carbons (Fsp3) is 0.217. The predicted molar refractivity (Wildman–Crippen MR) is 115 cm³/mol. The van der Waals surface area contributed by atoms with Crippen molar-refractivity contribution in [1.82, 2.24) is 9.78 Å². The molecule has 1 heterocycles. The molecule has 156 valence electrons. The second kappa shape index (κ2) is 9.65. The lowest BCUT2D eigenvalue weighted by molar-refractivity contribution is -0.139. The summed E-state index contributed by atoms with van der Waals surface area (Å²) in [6, 6.07) is 14.5. The van der Waals surface area contributed by atoms with E-state index in [2.05, 4.69) is 5.10 Å². The van der Waals surface area contributed by atoms with Crippen LogP contribution in [0.15, 0.2) is 53.3 Å². The minimum Gasteiger partial charge on any atom is -0.490 e. The van der Waals surface area contributed by atoms with Crippen molar-refractivity contribution in [3.8, 4) is 17.2 Å². The van der Waals surface area contributed by atoms with Gasteiger partial charge in [0.1, 0.15) is 0 Å². The number of para-hydroxylation sites is 1. The summed E-state index contributed by atoms with van der Waals surface area (Å²) in [7, 11) is 0. The van der Waals surface area contributed by atoms with E-state index < -0.39 is 12.6 Å². The van der Waals surface area contributed by atoms with E-state index in [-0.39, 0.29) is 5.56 Å². The minimum atomic E-state index is -1.07. The summed E-state index contributed by atoms with van der Waals surface area (Å²) in [5.74, 6) is -0.304. The van der Waals surface area contributed by atoms with Crippen LogP contribution in [0.1, 0.15) is 25.8 Å². The van der Waals surface area contributed by atoms with E-state index in [1.54, 1.807) is 24.3 Å². The molecule has 0 aliphatic rings. The smallest absolute Gasteiger partial charge is 0.341 e. The van der Waals surface area contributed by atoms with Gasteiger partial charge in [-0.25, -0.2) is 9.48 Å². The van der Waals surface area contributed by atoms with Crippen molar-refractivity contribution in [2.24, 2.45) is 0 Å². The Labute approximate surface area is 173 Å². The van der Waals surface area contributed by atoms with Crippen LogP contribution in [-0.4, -0.2) is 34.1 Å². The Morgan fingerprint density at radius 1 is 1.10 bits per heavy atom. The Kier molecular flexibility index (Phi) is 6.75. The fourth-order valence-electron chi connectivity index (χ4n) is 3.03. The van der Waals surface area contributed by atoms with Crippen molar-refractivity contribution in [1.29, 1.82) is 0 Å². The van der Waals surface area contributed by atoms with Crippen molar-refractivity contribution in [3.63, 3.8) is 0 Å². The monoisotopic (exact) mass is 408 g/mol. The summed E-state index contributed by atoms with van der Waals surface area (Å²) < 4.78 is 12.4. The number of hydrogen-bond acceptors (Lipinski definition) is 4. The minimum absolute atomic E-state index is 0.162. The summed E-state index contributed by atoms with van der Waals surface area (Å²) in [4.78, 5) is 23.9. The van der Waals surface area contributed by atoms with Crippen molar-refractivity contribution in [2.45, 2.75) is 20.3 Å². The number of benzene rings is 2. The fourth-order valence-corrected chi connectivity index (χ4v) is 3.03. The van der Waals surface area contributed by atoms with Crippen molar-refractivity contribution in [2.75, 3.05) is 13.2 Å². The van der Waals surface area contributed by atoms with Crippen molar-refractivity contribution >= 4 is 18.1 Å².